The van der Waals surface area contributed by atoms with Crippen LogP contribution in [0.25, 0.3) is 0 Å². The van der Waals surface area contributed by atoms with E-state index in [0.29, 0.717) is 23.8 Å². The number of hydrogen-bond acceptors (Lipinski definition) is 4. The standard InChI is InChI=1S/C21H29N3O3/c1-22-21(23-12-8-11-16-9-6-5-7-10-16)24-15-17-13-18(25-2)20(27-4)19(14-17)26-3/h5-7,9-10,13-14H,8,11-12,15H2,1-4H3,(H2,22,23,24). The minimum Gasteiger partial charge on any atom is -0.493 e. The number of hydrogen-bond donors (Lipinski definition) is 2. The predicted molar refractivity (Wildman–Crippen MR) is 109 cm³/mol. The summed E-state index contributed by atoms with van der Waals surface area (Å²) in [6.45, 7) is 1.44. The second-order valence-corrected chi connectivity index (χ2v) is 5.98. The molecule has 6 nitrogen and oxygen atoms in total. The molecule has 0 atom stereocenters. The van der Waals surface area contributed by atoms with E-state index in [0.717, 1.165) is 30.9 Å². The van der Waals surface area contributed by atoms with Gasteiger partial charge in [-0.25, -0.2) is 0 Å². The van der Waals surface area contributed by atoms with E-state index in [-0.39, 0.29) is 0 Å². The van der Waals surface area contributed by atoms with Crippen molar-refractivity contribution in [3.05, 3.63) is 53.6 Å². The SMILES string of the molecule is CN=C(NCCCc1ccccc1)NCc1cc(OC)c(OC)c(OC)c1. The highest BCUT2D eigenvalue weighted by molar-refractivity contribution is 5.79. The van der Waals surface area contributed by atoms with E-state index in [1.165, 1.54) is 5.56 Å². The summed E-state index contributed by atoms with van der Waals surface area (Å²) in [6, 6.07) is 14.3. The molecule has 146 valence electrons. The highest BCUT2D eigenvalue weighted by Crippen LogP contribution is 2.38. The van der Waals surface area contributed by atoms with Crippen LogP contribution in [-0.4, -0.2) is 40.9 Å². The first-order chi connectivity index (χ1) is 13.2. The van der Waals surface area contributed by atoms with Gasteiger partial charge in [0.1, 0.15) is 0 Å². The second kappa shape index (κ2) is 11.0. The van der Waals surface area contributed by atoms with Crippen molar-refractivity contribution in [1.29, 1.82) is 0 Å². The van der Waals surface area contributed by atoms with Gasteiger partial charge >= 0.3 is 0 Å². The molecule has 0 aliphatic heterocycles. The average Bonchev–Trinajstić information content (AvgIpc) is 2.73. The van der Waals surface area contributed by atoms with Crippen molar-refractivity contribution in [1.82, 2.24) is 10.6 Å². The third-order valence-corrected chi connectivity index (χ3v) is 4.19. The van der Waals surface area contributed by atoms with Crippen LogP contribution in [0.1, 0.15) is 17.5 Å². The lowest BCUT2D eigenvalue weighted by atomic mass is 10.1. The molecule has 0 radical (unpaired) electrons. The molecule has 0 bridgehead atoms. The summed E-state index contributed by atoms with van der Waals surface area (Å²) in [7, 11) is 6.59. The molecule has 2 rings (SSSR count). The highest BCUT2D eigenvalue weighted by Gasteiger charge is 2.13. The van der Waals surface area contributed by atoms with Crippen molar-refractivity contribution >= 4 is 5.96 Å². The molecular weight excluding hydrogens is 342 g/mol. The van der Waals surface area contributed by atoms with Gasteiger partial charge in [-0.1, -0.05) is 30.3 Å². The quantitative estimate of drug-likeness (QED) is 0.403. The molecule has 0 aliphatic carbocycles. The molecule has 0 saturated carbocycles. The van der Waals surface area contributed by atoms with Gasteiger partial charge in [0, 0.05) is 20.1 Å². The fourth-order valence-electron chi connectivity index (χ4n) is 2.79. The largest absolute Gasteiger partial charge is 0.493 e. The zero-order valence-electron chi connectivity index (χ0n) is 16.5. The van der Waals surface area contributed by atoms with Gasteiger partial charge in [0.05, 0.1) is 21.3 Å². The van der Waals surface area contributed by atoms with Crippen molar-refractivity contribution < 1.29 is 14.2 Å². The van der Waals surface area contributed by atoms with Gasteiger partial charge in [-0.3, -0.25) is 4.99 Å². The molecule has 0 unspecified atom stereocenters. The Bertz CT molecular complexity index is 708. The number of aliphatic imine (C=N–C) groups is 1. The minimum absolute atomic E-state index is 0.590. The smallest absolute Gasteiger partial charge is 0.203 e. The van der Waals surface area contributed by atoms with E-state index >= 15 is 0 Å². The molecule has 27 heavy (non-hydrogen) atoms. The van der Waals surface area contributed by atoms with Gasteiger partial charge in [-0.2, -0.15) is 0 Å². The first-order valence-electron chi connectivity index (χ1n) is 8.99. The Morgan fingerprint density at radius 2 is 1.56 bits per heavy atom. The molecule has 2 aromatic rings. The zero-order valence-corrected chi connectivity index (χ0v) is 16.5. The van der Waals surface area contributed by atoms with Crippen molar-refractivity contribution in [2.45, 2.75) is 19.4 Å². The molecule has 2 N–H and O–H groups in total. The number of guanidine groups is 1. The molecular formula is C21H29N3O3. The van der Waals surface area contributed by atoms with Crippen LogP contribution < -0.4 is 24.8 Å². The van der Waals surface area contributed by atoms with Gasteiger partial charge in [0.15, 0.2) is 17.5 Å². The van der Waals surface area contributed by atoms with Crippen molar-refractivity contribution in [3.63, 3.8) is 0 Å². The van der Waals surface area contributed by atoms with Crippen LogP contribution in [0.15, 0.2) is 47.5 Å². The summed E-state index contributed by atoms with van der Waals surface area (Å²) in [5.74, 6) is 2.63. The molecule has 6 heteroatoms. The molecule has 2 aromatic carbocycles. The topological polar surface area (TPSA) is 64.1 Å². The molecule has 0 aromatic heterocycles. The molecule has 0 aliphatic rings. The molecule has 0 spiro atoms. The third-order valence-electron chi connectivity index (χ3n) is 4.19. The van der Waals surface area contributed by atoms with Crippen molar-refractivity contribution in [2.75, 3.05) is 34.9 Å². The highest BCUT2D eigenvalue weighted by atomic mass is 16.5. The normalized spacial score (nSPS) is 11.0. The van der Waals surface area contributed by atoms with E-state index in [9.17, 15) is 0 Å². The fraction of sp³-hybridized carbons (Fsp3) is 0.381. The molecule has 0 amide bonds. The average molecular weight is 371 g/mol. The Morgan fingerprint density at radius 3 is 2.11 bits per heavy atom. The summed E-state index contributed by atoms with van der Waals surface area (Å²) in [5.41, 5.74) is 2.36. The van der Waals surface area contributed by atoms with E-state index in [1.807, 2.05) is 18.2 Å². The van der Waals surface area contributed by atoms with Crippen LogP contribution in [0.2, 0.25) is 0 Å². The van der Waals surface area contributed by atoms with Crippen LogP contribution in [-0.2, 0) is 13.0 Å². The van der Waals surface area contributed by atoms with E-state index < -0.39 is 0 Å². The van der Waals surface area contributed by atoms with Crippen LogP contribution in [0, 0.1) is 0 Å². The molecule has 0 saturated heterocycles. The Hall–Kier alpha value is -2.89. The van der Waals surface area contributed by atoms with E-state index in [4.69, 9.17) is 14.2 Å². The maximum Gasteiger partial charge on any atom is 0.203 e. The van der Waals surface area contributed by atoms with E-state index in [2.05, 4.69) is 39.9 Å². The number of nitrogens with one attached hydrogen (secondary N) is 2. The van der Waals surface area contributed by atoms with Gasteiger partial charge in [-0.15, -0.1) is 0 Å². The molecule has 0 heterocycles. The Kier molecular flexibility index (Phi) is 8.29. The van der Waals surface area contributed by atoms with Crippen LogP contribution in [0.3, 0.4) is 0 Å². The number of rotatable bonds is 9. The van der Waals surface area contributed by atoms with Gasteiger partial charge in [0.2, 0.25) is 5.75 Å². The number of methoxy groups -OCH3 is 3. The van der Waals surface area contributed by atoms with E-state index in [1.54, 1.807) is 28.4 Å². The first kappa shape index (κ1) is 20.4. The second-order valence-electron chi connectivity index (χ2n) is 5.98. The summed E-state index contributed by atoms with van der Waals surface area (Å²) in [5, 5.41) is 6.65. The Balaban J connectivity index is 1.86. The van der Waals surface area contributed by atoms with Crippen molar-refractivity contribution in [3.8, 4) is 17.2 Å². The summed E-state index contributed by atoms with van der Waals surface area (Å²) >= 11 is 0. The third kappa shape index (κ3) is 6.09. The molecule has 0 fully saturated rings. The number of aryl methyl sites for hydroxylation is 1. The first-order valence-corrected chi connectivity index (χ1v) is 8.99. The van der Waals surface area contributed by atoms with Gasteiger partial charge in [0.25, 0.3) is 0 Å². The summed E-state index contributed by atoms with van der Waals surface area (Å²) < 4.78 is 16.1. The minimum atomic E-state index is 0.590. The lowest BCUT2D eigenvalue weighted by Gasteiger charge is -2.16. The number of ether oxygens (including phenoxy) is 3. The van der Waals surface area contributed by atoms with Crippen LogP contribution >= 0.6 is 0 Å². The maximum atomic E-state index is 5.40. The van der Waals surface area contributed by atoms with Gasteiger partial charge in [-0.05, 0) is 36.1 Å². The Labute approximate surface area is 161 Å². The zero-order chi connectivity index (χ0) is 19.5. The Morgan fingerprint density at radius 1 is 0.889 bits per heavy atom. The maximum absolute atomic E-state index is 5.40. The summed E-state index contributed by atoms with van der Waals surface area (Å²) in [4.78, 5) is 4.27. The summed E-state index contributed by atoms with van der Waals surface area (Å²) in [6.07, 6.45) is 2.08. The lowest BCUT2D eigenvalue weighted by Crippen LogP contribution is -2.37. The predicted octanol–water partition coefficient (Wildman–Crippen LogP) is 3.01. The number of benzene rings is 2. The number of nitrogens with zero attached hydrogens (tertiary/aromatic N) is 1. The lowest BCUT2D eigenvalue weighted by molar-refractivity contribution is 0.323. The van der Waals surface area contributed by atoms with Gasteiger partial charge < -0.3 is 24.8 Å². The van der Waals surface area contributed by atoms with Crippen molar-refractivity contribution in [2.24, 2.45) is 4.99 Å². The fourth-order valence-corrected chi connectivity index (χ4v) is 2.79. The monoisotopic (exact) mass is 371 g/mol. The van der Waals surface area contributed by atoms with Crippen LogP contribution in [0.5, 0.6) is 17.2 Å². The van der Waals surface area contributed by atoms with Crippen LogP contribution in [0.4, 0.5) is 0 Å².